The van der Waals surface area contributed by atoms with Gasteiger partial charge in [0, 0.05) is 23.9 Å². The Bertz CT molecular complexity index is 869. The molecule has 1 aliphatic carbocycles. The second kappa shape index (κ2) is 9.76. The van der Waals surface area contributed by atoms with Crippen LogP contribution >= 0.6 is 0 Å². The van der Waals surface area contributed by atoms with Gasteiger partial charge in [-0.1, -0.05) is 25.0 Å². The first-order valence-corrected chi connectivity index (χ1v) is 10.7. The molecule has 0 aromatic heterocycles. The zero-order valence-electron chi connectivity index (χ0n) is 17.1. The van der Waals surface area contributed by atoms with E-state index in [2.05, 4.69) is 10.6 Å². The summed E-state index contributed by atoms with van der Waals surface area (Å²) in [6.07, 6.45) is 6.57. The number of anilines is 1. The van der Waals surface area contributed by atoms with Gasteiger partial charge in [0.15, 0.2) is 0 Å². The van der Waals surface area contributed by atoms with E-state index in [0.717, 1.165) is 32.3 Å². The third kappa shape index (κ3) is 5.19. The van der Waals surface area contributed by atoms with Crippen LogP contribution in [0, 0.1) is 0 Å². The molecular weight excluding hydrogens is 380 g/mol. The minimum atomic E-state index is -0.249. The molecule has 0 spiro atoms. The number of hydrogen-bond acceptors (Lipinski definition) is 4. The third-order valence-corrected chi connectivity index (χ3v) is 5.68. The van der Waals surface area contributed by atoms with Gasteiger partial charge in [-0.25, -0.2) is 0 Å². The molecule has 6 heteroatoms. The van der Waals surface area contributed by atoms with Crippen LogP contribution in [0.25, 0.3) is 0 Å². The molecule has 30 heavy (non-hydrogen) atoms. The lowest BCUT2D eigenvalue weighted by Crippen LogP contribution is -2.32. The van der Waals surface area contributed by atoms with Crippen LogP contribution in [-0.2, 0) is 4.74 Å². The van der Waals surface area contributed by atoms with Gasteiger partial charge in [0.1, 0.15) is 12.4 Å². The van der Waals surface area contributed by atoms with Gasteiger partial charge in [0.2, 0.25) is 0 Å². The Morgan fingerprint density at radius 2 is 1.70 bits per heavy atom. The predicted molar refractivity (Wildman–Crippen MR) is 115 cm³/mol. The molecule has 1 saturated carbocycles. The van der Waals surface area contributed by atoms with Crippen LogP contribution in [0.15, 0.2) is 48.5 Å². The summed E-state index contributed by atoms with van der Waals surface area (Å²) >= 11 is 0. The van der Waals surface area contributed by atoms with Crippen LogP contribution in [0.1, 0.15) is 59.2 Å². The highest BCUT2D eigenvalue weighted by Gasteiger charge is 2.19. The molecule has 1 saturated heterocycles. The van der Waals surface area contributed by atoms with Crippen LogP contribution in [-0.4, -0.2) is 37.2 Å². The Morgan fingerprint density at radius 3 is 2.43 bits per heavy atom. The van der Waals surface area contributed by atoms with Crippen molar-refractivity contribution in [2.24, 2.45) is 0 Å². The van der Waals surface area contributed by atoms with Crippen molar-refractivity contribution in [1.29, 1.82) is 0 Å². The fourth-order valence-corrected chi connectivity index (χ4v) is 3.98. The molecule has 1 heterocycles. The Kier molecular flexibility index (Phi) is 6.64. The summed E-state index contributed by atoms with van der Waals surface area (Å²) in [6, 6.07) is 14.4. The summed E-state index contributed by atoms with van der Waals surface area (Å²) in [7, 11) is 0. The number of ether oxygens (including phenoxy) is 2. The second-order valence-corrected chi connectivity index (χ2v) is 7.93. The number of para-hydroxylation sites is 1. The molecule has 0 bridgehead atoms. The van der Waals surface area contributed by atoms with E-state index >= 15 is 0 Å². The van der Waals surface area contributed by atoms with Gasteiger partial charge in [-0.15, -0.1) is 0 Å². The second-order valence-electron chi connectivity index (χ2n) is 7.93. The first kappa shape index (κ1) is 20.4. The van der Waals surface area contributed by atoms with E-state index < -0.39 is 0 Å². The van der Waals surface area contributed by atoms with Crippen LogP contribution in [0.2, 0.25) is 0 Å². The van der Waals surface area contributed by atoms with E-state index in [9.17, 15) is 9.59 Å². The Labute approximate surface area is 177 Å². The molecule has 0 radical (unpaired) electrons. The lowest BCUT2D eigenvalue weighted by atomic mass is 10.1. The zero-order valence-corrected chi connectivity index (χ0v) is 17.1. The van der Waals surface area contributed by atoms with Crippen molar-refractivity contribution in [3.05, 3.63) is 59.7 Å². The van der Waals surface area contributed by atoms with Gasteiger partial charge in [-0.2, -0.15) is 0 Å². The number of amides is 2. The summed E-state index contributed by atoms with van der Waals surface area (Å²) in [5.74, 6) is 0.229. The molecule has 2 amide bonds. The lowest BCUT2D eigenvalue weighted by Gasteiger charge is -2.15. The lowest BCUT2D eigenvalue weighted by molar-refractivity contribution is 0.0673. The van der Waals surface area contributed by atoms with Crippen molar-refractivity contribution in [2.45, 2.75) is 50.7 Å². The molecule has 4 rings (SSSR count). The van der Waals surface area contributed by atoms with Crippen molar-refractivity contribution in [1.82, 2.24) is 5.32 Å². The Hall–Kier alpha value is -2.86. The number of benzene rings is 2. The summed E-state index contributed by atoms with van der Waals surface area (Å²) in [4.78, 5) is 25.1. The monoisotopic (exact) mass is 408 g/mol. The van der Waals surface area contributed by atoms with Gasteiger partial charge in [-0.05, 0) is 62.1 Å². The molecule has 2 aromatic carbocycles. The van der Waals surface area contributed by atoms with Gasteiger partial charge in [0.25, 0.3) is 11.8 Å². The molecule has 2 aliphatic rings. The van der Waals surface area contributed by atoms with Gasteiger partial charge in [0.05, 0.1) is 11.7 Å². The van der Waals surface area contributed by atoms with Crippen molar-refractivity contribution in [3.8, 4) is 5.75 Å². The Morgan fingerprint density at radius 1 is 0.933 bits per heavy atom. The minimum absolute atomic E-state index is 0.0624. The fraction of sp³-hybridized carbons (Fsp3) is 0.417. The maximum atomic E-state index is 12.8. The van der Waals surface area contributed by atoms with Crippen molar-refractivity contribution in [2.75, 3.05) is 18.5 Å². The smallest absolute Gasteiger partial charge is 0.259 e. The number of nitrogens with one attached hydrogen (secondary N) is 2. The first-order chi connectivity index (χ1) is 14.7. The quantitative estimate of drug-likeness (QED) is 0.721. The SMILES string of the molecule is O=C(NC1CCCC1)c1ccc(NC(=O)c2ccccc2OCC2CCCO2)cc1. The third-order valence-electron chi connectivity index (χ3n) is 5.68. The molecular formula is C24H28N2O4. The van der Waals surface area contributed by atoms with E-state index in [1.165, 1.54) is 12.8 Å². The van der Waals surface area contributed by atoms with Gasteiger partial charge >= 0.3 is 0 Å². The number of carbonyl (C=O) groups is 2. The number of hydrogen-bond donors (Lipinski definition) is 2. The largest absolute Gasteiger partial charge is 0.490 e. The van der Waals surface area contributed by atoms with E-state index in [1.54, 1.807) is 36.4 Å². The number of rotatable bonds is 7. The fourth-order valence-electron chi connectivity index (χ4n) is 3.98. The predicted octanol–water partition coefficient (Wildman–Crippen LogP) is 4.17. The minimum Gasteiger partial charge on any atom is -0.490 e. The summed E-state index contributed by atoms with van der Waals surface area (Å²) in [5, 5.41) is 5.96. The van der Waals surface area contributed by atoms with Crippen molar-refractivity contribution < 1.29 is 19.1 Å². The molecule has 2 aromatic rings. The zero-order chi connectivity index (χ0) is 20.8. The van der Waals surface area contributed by atoms with Crippen LogP contribution in [0.3, 0.4) is 0 Å². The highest BCUT2D eigenvalue weighted by atomic mass is 16.5. The van der Waals surface area contributed by atoms with Crippen LogP contribution in [0.4, 0.5) is 5.69 Å². The average molecular weight is 408 g/mol. The maximum Gasteiger partial charge on any atom is 0.259 e. The Balaban J connectivity index is 1.36. The van der Waals surface area contributed by atoms with Gasteiger partial charge < -0.3 is 20.1 Å². The summed E-state index contributed by atoms with van der Waals surface area (Å²) < 4.78 is 11.4. The van der Waals surface area contributed by atoms with Gasteiger partial charge in [-0.3, -0.25) is 9.59 Å². The van der Waals surface area contributed by atoms with E-state index in [1.807, 2.05) is 12.1 Å². The van der Waals surface area contributed by atoms with E-state index in [0.29, 0.717) is 29.2 Å². The first-order valence-electron chi connectivity index (χ1n) is 10.7. The van der Waals surface area contributed by atoms with Crippen molar-refractivity contribution >= 4 is 17.5 Å². The average Bonchev–Trinajstić information content (AvgIpc) is 3.47. The topological polar surface area (TPSA) is 76.7 Å². The maximum absolute atomic E-state index is 12.8. The molecule has 1 aliphatic heterocycles. The van der Waals surface area contributed by atoms with E-state index in [4.69, 9.17) is 9.47 Å². The molecule has 1 atom stereocenters. The van der Waals surface area contributed by atoms with E-state index in [-0.39, 0.29) is 24.0 Å². The molecule has 2 N–H and O–H groups in total. The van der Waals surface area contributed by atoms with Crippen LogP contribution < -0.4 is 15.4 Å². The standard InChI is InChI=1S/C24H28N2O4/c27-23(25-18-6-1-2-7-18)17-11-13-19(14-12-17)26-24(28)21-9-3-4-10-22(21)30-16-20-8-5-15-29-20/h3-4,9-14,18,20H,1-2,5-8,15-16H2,(H,25,27)(H,26,28). The highest BCUT2D eigenvalue weighted by molar-refractivity contribution is 6.06. The van der Waals surface area contributed by atoms with Crippen molar-refractivity contribution in [3.63, 3.8) is 0 Å². The molecule has 2 fully saturated rings. The summed E-state index contributed by atoms with van der Waals surface area (Å²) in [5.41, 5.74) is 1.70. The molecule has 1 unspecified atom stereocenters. The van der Waals surface area contributed by atoms with Crippen LogP contribution in [0.5, 0.6) is 5.75 Å². The summed E-state index contributed by atoms with van der Waals surface area (Å²) in [6.45, 7) is 1.21. The number of carbonyl (C=O) groups excluding carboxylic acids is 2. The molecule has 6 nitrogen and oxygen atoms in total. The highest BCUT2D eigenvalue weighted by Crippen LogP contribution is 2.22. The molecule has 158 valence electrons. The normalized spacial score (nSPS) is 18.9.